The maximum Gasteiger partial charge on any atom is 0.223 e. The van der Waals surface area contributed by atoms with Gasteiger partial charge >= 0.3 is 0 Å². The first kappa shape index (κ1) is 22.7. The van der Waals surface area contributed by atoms with Crippen LogP contribution in [0.2, 0.25) is 5.02 Å². The van der Waals surface area contributed by atoms with E-state index in [4.69, 9.17) is 11.6 Å². The maximum absolute atomic E-state index is 13.4. The van der Waals surface area contributed by atoms with Crippen LogP contribution in [0, 0.1) is 6.92 Å². The number of likely N-dealkylation sites (tertiary alicyclic amines) is 1. The Balaban J connectivity index is 1.56. The SMILES string of the molecule is Cc1ccc(Cn2cc([C@@H](CC(=O)N3CCCCC3)c3cccc(Cl)c3)c3ccccc32)cc1. The standard InChI is InChI=1S/C30H31ClN2O/c1-22-12-14-23(15-13-22)20-33-21-28(26-10-3-4-11-29(26)33)27(24-8-7-9-25(31)18-24)19-30(34)32-16-5-2-6-17-32/h3-4,7-15,18,21,27H,2,5-6,16-17,19-20H2,1H3/t27-/m0/s1. The first-order chi connectivity index (χ1) is 16.6. The zero-order valence-electron chi connectivity index (χ0n) is 19.7. The summed E-state index contributed by atoms with van der Waals surface area (Å²) >= 11 is 6.40. The van der Waals surface area contributed by atoms with Crippen LogP contribution in [0.4, 0.5) is 0 Å². The average molecular weight is 471 g/mol. The van der Waals surface area contributed by atoms with Crippen molar-refractivity contribution in [1.29, 1.82) is 0 Å². The van der Waals surface area contributed by atoms with Crippen LogP contribution >= 0.6 is 11.6 Å². The lowest BCUT2D eigenvalue weighted by molar-refractivity contribution is -0.132. The minimum atomic E-state index is -0.0442. The number of fused-ring (bicyclic) bond motifs is 1. The van der Waals surface area contributed by atoms with Gasteiger partial charge in [-0.3, -0.25) is 4.79 Å². The molecule has 4 heteroatoms. The van der Waals surface area contributed by atoms with Gasteiger partial charge in [-0.05, 0) is 61.1 Å². The number of rotatable bonds is 6. The van der Waals surface area contributed by atoms with Gasteiger partial charge in [0, 0.05) is 54.1 Å². The number of aromatic nitrogens is 1. The lowest BCUT2D eigenvalue weighted by atomic mass is 9.87. The van der Waals surface area contributed by atoms with Crippen LogP contribution in [-0.2, 0) is 11.3 Å². The molecule has 0 aliphatic carbocycles. The Morgan fingerprint density at radius 2 is 1.71 bits per heavy atom. The molecule has 3 nitrogen and oxygen atoms in total. The van der Waals surface area contributed by atoms with E-state index in [1.807, 2.05) is 23.1 Å². The molecule has 1 aromatic heterocycles. The van der Waals surface area contributed by atoms with Crippen molar-refractivity contribution < 1.29 is 4.79 Å². The second-order valence-electron chi connectivity index (χ2n) is 9.47. The van der Waals surface area contributed by atoms with Crippen molar-refractivity contribution in [3.63, 3.8) is 0 Å². The summed E-state index contributed by atoms with van der Waals surface area (Å²) in [6, 6.07) is 25.2. The van der Waals surface area contributed by atoms with Gasteiger partial charge in [-0.2, -0.15) is 0 Å². The Morgan fingerprint density at radius 1 is 0.941 bits per heavy atom. The van der Waals surface area contributed by atoms with Gasteiger partial charge in [-0.15, -0.1) is 0 Å². The predicted octanol–water partition coefficient (Wildman–Crippen LogP) is 7.19. The molecule has 1 aliphatic heterocycles. The Morgan fingerprint density at radius 3 is 2.47 bits per heavy atom. The van der Waals surface area contributed by atoms with Crippen LogP contribution in [0.25, 0.3) is 10.9 Å². The van der Waals surface area contributed by atoms with E-state index in [9.17, 15) is 4.79 Å². The zero-order valence-corrected chi connectivity index (χ0v) is 20.5. The predicted molar refractivity (Wildman–Crippen MR) is 141 cm³/mol. The first-order valence-electron chi connectivity index (χ1n) is 12.2. The average Bonchev–Trinajstić information content (AvgIpc) is 3.22. The van der Waals surface area contributed by atoms with Crippen molar-refractivity contribution >= 4 is 28.4 Å². The van der Waals surface area contributed by atoms with Crippen molar-refractivity contribution in [2.75, 3.05) is 13.1 Å². The minimum absolute atomic E-state index is 0.0442. The number of carbonyl (C=O) groups is 1. The fraction of sp³-hybridized carbons (Fsp3) is 0.300. The fourth-order valence-corrected chi connectivity index (χ4v) is 5.35. The highest BCUT2D eigenvalue weighted by Crippen LogP contribution is 2.36. The number of aryl methyl sites for hydroxylation is 1. The summed E-state index contributed by atoms with van der Waals surface area (Å²) in [5.41, 5.74) is 6.00. The Bertz CT molecular complexity index is 1280. The summed E-state index contributed by atoms with van der Waals surface area (Å²) in [5.74, 6) is 0.192. The van der Waals surface area contributed by atoms with Crippen molar-refractivity contribution in [3.8, 4) is 0 Å². The van der Waals surface area contributed by atoms with Crippen molar-refractivity contribution in [1.82, 2.24) is 9.47 Å². The van der Waals surface area contributed by atoms with Crippen LogP contribution in [0.15, 0.2) is 79.0 Å². The van der Waals surface area contributed by atoms with Gasteiger partial charge in [0.05, 0.1) is 0 Å². The molecule has 34 heavy (non-hydrogen) atoms. The number of benzene rings is 3. The number of hydrogen-bond donors (Lipinski definition) is 0. The van der Waals surface area contributed by atoms with E-state index in [0.717, 1.165) is 38.0 Å². The van der Waals surface area contributed by atoms with Gasteiger partial charge in [0.1, 0.15) is 0 Å². The fourth-order valence-electron chi connectivity index (χ4n) is 5.15. The van der Waals surface area contributed by atoms with E-state index in [0.29, 0.717) is 11.4 Å². The summed E-state index contributed by atoms with van der Waals surface area (Å²) in [5, 5.41) is 1.90. The van der Waals surface area contributed by atoms with Gasteiger partial charge < -0.3 is 9.47 Å². The molecule has 0 unspecified atom stereocenters. The molecule has 5 rings (SSSR count). The normalized spacial score (nSPS) is 14.9. The summed E-state index contributed by atoms with van der Waals surface area (Å²) < 4.78 is 2.32. The molecule has 174 valence electrons. The highest BCUT2D eigenvalue weighted by atomic mass is 35.5. The third-order valence-electron chi connectivity index (χ3n) is 7.01. The van der Waals surface area contributed by atoms with Gasteiger partial charge in [-0.25, -0.2) is 0 Å². The molecule has 1 fully saturated rings. The summed E-state index contributed by atoms with van der Waals surface area (Å²) in [6.45, 7) is 4.65. The second-order valence-corrected chi connectivity index (χ2v) is 9.90. The van der Waals surface area contributed by atoms with E-state index < -0.39 is 0 Å². The third kappa shape index (κ3) is 4.90. The quantitative estimate of drug-likeness (QED) is 0.293. The molecule has 1 aliphatic rings. The molecule has 0 saturated carbocycles. The van der Waals surface area contributed by atoms with Crippen LogP contribution < -0.4 is 0 Å². The number of halogens is 1. The highest BCUT2D eigenvalue weighted by molar-refractivity contribution is 6.30. The topological polar surface area (TPSA) is 25.2 Å². The van der Waals surface area contributed by atoms with Crippen LogP contribution in [0.3, 0.4) is 0 Å². The Kier molecular flexibility index (Phi) is 6.73. The molecule has 3 aromatic carbocycles. The van der Waals surface area contributed by atoms with Gasteiger partial charge in [0.2, 0.25) is 5.91 Å². The molecular formula is C30H31ClN2O. The van der Waals surface area contributed by atoms with Gasteiger partial charge in [-0.1, -0.05) is 71.8 Å². The Hall–Kier alpha value is -3.04. The van der Waals surface area contributed by atoms with Crippen molar-refractivity contribution in [2.45, 2.75) is 45.1 Å². The van der Waals surface area contributed by atoms with E-state index in [1.54, 1.807) is 0 Å². The highest BCUT2D eigenvalue weighted by Gasteiger charge is 2.26. The second kappa shape index (κ2) is 10.1. The van der Waals surface area contributed by atoms with E-state index in [1.165, 1.54) is 34.0 Å². The molecule has 4 aromatic rings. The molecule has 1 atom stereocenters. The molecule has 0 spiro atoms. The van der Waals surface area contributed by atoms with E-state index >= 15 is 0 Å². The monoisotopic (exact) mass is 470 g/mol. The largest absolute Gasteiger partial charge is 0.343 e. The van der Waals surface area contributed by atoms with Gasteiger partial charge in [0.15, 0.2) is 0 Å². The molecule has 1 amide bonds. The minimum Gasteiger partial charge on any atom is -0.343 e. The van der Waals surface area contributed by atoms with Crippen LogP contribution in [0.1, 0.15) is 53.9 Å². The maximum atomic E-state index is 13.4. The van der Waals surface area contributed by atoms with E-state index in [2.05, 4.69) is 72.3 Å². The molecular weight excluding hydrogens is 440 g/mol. The van der Waals surface area contributed by atoms with Crippen molar-refractivity contribution in [2.24, 2.45) is 0 Å². The lowest BCUT2D eigenvalue weighted by Gasteiger charge is -2.28. The van der Waals surface area contributed by atoms with Crippen LogP contribution in [-0.4, -0.2) is 28.5 Å². The molecule has 0 N–H and O–H groups in total. The number of nitrogens with zero attached hydrogens (tertiary/aromatic N) is 2. The Labute approximate surface area is 207 Å². The lowest BCUT2D eigenvalue weighted by Crippen LogP contribution is -2.36. The van der Waals surface area contributed by atoms with E-state index in [-0.39, 0.29) is 11.8 Å². The molecule has 0 radical (unpaired) electrons. The summed E-state index contributed by atoms with van der Waals surface area (Å²) in [4.78, 5) is 15.4. The number of amides is 1. The number of carbonyl (C=O) groups excluding carboxylic acids is 1. The van der Waals surface area contributed by atoms with Crippen molar-refractivity contribution in [3.05, 3.63) is 106 Å². The number of hydrogen-bond acceptors (Lipinski definition) is 1. The third-order valence-corrected chi connectivity index (χ3v) is 7.24. The molecule has 1 saturated heterocycles. The number of para-hydroxylation sites is 1. The smallest absolute Gasteiger partial charge is 0.223 e. The van der Waals surface area contributed by atoms with Gasteiger partial charge in [0.25, 0.3) is 0 Å². The number of piperidine rings is 1. The molecule has 2 heterocycles. The first-order valence-corrected chi connectivity index (χ1v) is 12.6. The summed E-state index contributed by atoms with van der Waals surface area (Å²) in [7, 11) is 0. The zero-order chi connectivity index (χ0) is 23.5. The molecule has 0 bridgehead atoms. The summed E-state index contributed by atoms with van der Waals surface area (Å²) in [6.07, 6.45) is 6.12. The van der Waals surface area contributed by atoms with Crippen LogP contribution in [0.5, 0.6) is 0 Å².